The standard InChI is InChI=1S/C15H23NO4S/c1-4-19-15(18)11-20-13-7-5-12(6-8-13)16-14(17)9-10-21(2)3/h5-8,15,18H,4,9-11H2,1-3H3/p+1. The average Bonchev–Trinajstić information content (AvgIpc) is 2.45. The van der Waals surface area contributed by atoms with Crippen molar-refractivity contribution in [2.75, 3.05) is 36.8 Å². The third-order valence-corrected chi connectivity index (χ3v) is 3.65. The van der Waals surface area contributed by atoms with Crippen LogP contribution < -0.4 is 10.1 Å². The highest BCUT2D eigenvalue weighted by molar-refractivity contribution is 7.95. The molecule has 5 nitrogen and oxygen atoms in total. The van der Waals surface area contributed by atoms with Gasteiger partial charge in [-0.2, -0.15) is 0 Å². The van der Waals surface area contributed by atoms with E-state index in [-0.39, 0.29) is 23.4 Å². The molecule has 21 heavy (non-hydrogen) atoms. The highest BCUT2D eigenvalue weighted by atomic mass is 32.2. The lowest BCUT2D eigenvalue weighted by molar-refractivity contribution is -0.116. The number of anilines is 1. The second-order valence-corrected chi connectivity index (χ2v) is 7.11. The molecule has 1 atom stereocenters. The Morgan fingerprint density at radius 2 is 2.00 bits per heavy atom. The Kier molecular flexibility index (Phi) is 8.19. The molecule has 1 rings (SSSR count). The van der Waals surface area contributed by atoms with E-state index in [2.05, 4.69) is 17.8 Å². The molecule has 1 amide bonds. The zero-order valence-electron chi connectivity index (χ0n) is 12.8. The number of nitrogens with one attached hydrogen (secondary N) is 1. The van der Waals surface area contributed by atoms with Crippen molar-refractivity contribution in [2.45, 2.75) is 19.6 Å². The van der Waals surface area contributed by atoms with Gasteiger partial charge in [-0.25, -0.2) is 0 Å². The average molecular weight is 314 g/mol. The minimum atomic E-state index is -0.925. The molecule has 1 unspecified atom stereocenters. The number of rotatable bonds is 9. The van der Waals surface area contributed by atoms with Gasteiger partial charge in [0, 0.05) is 12.3 Å². The lowest BCUT2D eigenvalue weighted by Gasteiger charge is -2.12. The summed E-state index contributed by atoms with van der Waals surface area (Å²) in [4.78, 5) is 11.7. The summed E-state index contributed by atoms with van der Waals surface area (Å²) < 4.78 is 10.3. The van der Waals surface area contributed by atoms with Gasteiger partial charge in [-0.1, -0.05) is 0 Å². The Labute approximate surface area is 129 Å². The molecule has 0 saturated heterocycles. The molecule has 0 spiro atoms. The molecule has 0 saturated carbocycles. The molecule has 0 bridgehead atoms. The number of aliphatic hydroxyl groups is 1. The van der Waals surface area contributed by atoms with Gasteiger partial charge in [0.15, 0.2) is 6.29 Å². The van der Waals surface area contributed by atoms with Crippen LogP contribution in [0, 0.1) is 0 Å². The molecule has 0 aliphatic carbocycles. The molecule has 118 valence electrons. The van der Waals surface area contributed by atoms with Gasteiger partial charge < -0.3 is 19.9 Å². The molecular formula is C15H24NO4S+. The summed E-state index contributed by atoms with van der Waals surface area (Å²) in [6.07, 6.45) is 3.85. The van der Waals surface area contributed by atoms with Crippen LogP contribution in [-0.4, -0.2) is 48.8 Å². The maximum Gasteiger partial charge on any atom is 0.229 e. The first kappa shape index (κ1) is 17.8. The molecule has 0 radical (unpaired) electrons. The van der Waals surface area contributed by atoms with Crippen LogP contribution in [0.15, 0.2) is 24.3 Å². The maximum absolute atomic E-state index is 11.7. The highest BCUT2D eigenvalue weighted by Gasteiger charge is 2.09. The van der Waals surface area contributed by atoms with E-state index in [9.17, 15) is 9.90 Å². The Balaban J connectivity index is 2.38. The van der Waals surface area contributed by atoms with E-state index in [4.69, 9.17) is 9.47 Å². The van der Waals surface area contributed by atoms with E-state index in [1.54, 1.807) is 31.2 Å². The van der Waals surface area contributed by atoms with Gasteiger partial charge in [0.2, 0.25) is 5.91 Å². The molecule has 0 fully saturated rings. The smallest absolute Gasteiger partial charge is 0.229 e. The van der Waals surface area contributed by atoms with E-state index >= 15 is 0 Å². The van der Waals surface area contributed by atoms with Gasteiger partial charge >= 0.3 is 0 Å². The van der Waals surface area contributed by atoms with Crippen molar-refractivity contribution >= 4 is 22.5 Å². The number of ether oxygens (including phenoxy) is 2. The molecule has 1 aromatic rings. The number of hydrogen-bond donors (Lipinski definition) is 2. The predicted octanol–water partition coefficient (Wildman–Crippen LogP) is 1.63. The molecule has 6 heteroatoms. The third kappa shape index (κ3) is 7.94. The first-order valence-electron chi connectivity index (χ1n) is 6.87. The Bertz CT molecular complexity index is 422. The molecule has 2 N–H and O–H groups in total. The van der Waals surface area contributed by atoms with Crippen LogP contribution in [0.1, 0.15) is 13.3 Å². The first-order chi connectivity index (χ1) is 10.0. The summed E-state index contributed by atoms with van der Waals surface area (Å²) in [5, 5.41) is 12.2. The number of carbonyl (C=O) groups excluding carboxylic acids is 1. The molecule has 0 aliphatic rings. The van der Waals surface area contributed by atoms with Crippen molar-refractivity contribution in [1.29, 1.82) is 0 Å². The third-order valence-electron chi connectivity index (χ3n) is 2.63. The van der Waals surface area contributed by atoms with Gasteiger partial charge in [-0.3, -0.25) is 4.79 Å². The lowest BCUT2D eigenvalue weighted by Crippen LogP contribution is -2.20. The van der Waals surface area contributed by atoms with Gasteiger partial charge in [0.1, 0.15) is 18.1 Å². The zero-order chi connectivity index (χ0) is 15.7. The van der Waals surface area contributed by atoms with E-state index in [0.29, 0.717) is 18.8 Å². The summed E-state index contributed by atoms with van der Waals surface area (Å²) in [5.41, 5.74) is 0.741. The summed E-state index contributed by atoms with van der Waals surface area (Å²) in [7, 11) is 0.277. The Hall–Kier alpha value is -1.24. The van der Waals surface area contributed by atoms with E-state index in [1.807, 2.05) is 0 Å². The van der Waals surface area contributed by atoms with Crippen LogP contribution in [0.2, 0.25) is 0 Å². The van der Waals surface area contributed by atoms with Crippen molar-refractivity contribution in [3.05, 3.63) is 24.3 Å². The van der Waals surface area contributed by atoms with Crippen LogP contribution in [0.25, 0.3) is 0 Å². The van der Waals surface area contributed by atoms with Crippen molar-refractivity contribution in [3.63, 3.8) is 0 Å². The largest absolute Gasteiger partial charge is 0.488 e. The van der Waals surface area contributed by atoms with E-state index in [0.717, 1.165) is 11.4 Å². The Morgan fingerprint density at radius 1 is 1.33 bits per heavy atom. The fourth-order valence-corrected chi connectivity index (χ4v) is 2.16. The van der Waals surface area contributed by atoms with Gasteiger partial charge in [-0.15, -0.1) is 0 Å². The quantitative estimate of drug-likeness (QED) is 0.537. The number of benzene rings is 1. The first-order valence-corrected chi connectivity index (χ1v) is 9.09. The molecule has 1 aromatic carbocycles. The number of amides is 1. The molecule has 0 heterocycles. The second-order valence-electron chi connectivity index (χ2n) is 4.73. The minimum Gasteiger partial charge on any atom is -0.488 e. The maximum atomic E-state index is 11.7. The number of carbonyl (C=O) groups is 1. The molecule has 0 aromatic heterocycles. The monoisotopic (exact) mass is 314 g/mol. The van der Waals surface area contributed by atoms with Crippen LogP contribution in [-0.2, 0) is 20.4 Å². The fourth-order valence-electron chi connectivity index (χ4n) is 1.56. The van der Waals surface area contributed by atoms with Crippen LogP contribution in [0.5, 0.6) is 5.75 Å². The van der Waals surface area contributed by atoms with Crippen LogP contribution >= 0.6 is 0 Å². The van der Waals surface area contributed by atoms with Gasteiger partial charge in [0.25, 0.3) is 0 Å². The van der Waals surface area contributed by atoms with Gasteiger partial charge in [-0.05, 0) is 42.1 Å². The van der Waals surface area contributed by atoms with Crippen molar-refractivity contribution in [3.8, 4) is 5.75 Å². The summed E-state index contributed by atoms with van der Waals surface area (Å²) >= 11 is 0. The normalized spacial score (nSPS) is 12.2. The lowest BCUT2D eigenvalue weighted by atomic mass is 10.3. The van der Waals surface area contributed by atoms with Crippen LogP contribution in [0.3, 0.4) is 0 Å². The second kappa shape index (κ2) is 9.65. The molecule has 0 aliphatic heterocycles. The van der Waals surface area contributed by atoms with Crippen molar-refractivity contribution in [2.24, 2.45) is 0 Å². The Morgan fingerprint density at radius 3 is 2.57 bits per heavy atom. The summed E-state index contributed by atoms with van der Waals surface area (Å²) in [6.45, 7) is 2.32. The van der Waals surface area contributed by atoms with Crippen molar-refractivity contribution in [1.82, 2.24) is 0 Å². The molecular weight excluding hydrogens is 290 g/mol. The number of aliphatic hydroxyl groups excluding tert-OH is 1. The minimum absolute atomic E-state index is 0.0247. The highest BCUT2D eigenvalue weighted by Crippen LogP contribution is 2.16. The summed E-state index contributed by atoms with van der Waals surface area (Å²) in [5.74, 6) is 1.55. The topological polar surface area (TPSA) is 67.8 Å². The van der Waals surface area contributed by atoms with E-state index < -0.39 is 6.29 Å². The number of hydrogen-bond acceptors (Lipinski definition) is 4. The summed E-state index contributed by atoms with van der Waals surface area (Å²) in [6, 6.07) is 7.05. The van der Waals surface area contributed by atoms with Gasteiger partial charge in [0.05, 0.1) is 18.9 Å². The van der Waals surface area contributed by atoms with Crippen LogP contribution in [0.4, 0.5) is 5.69 Å². The predicted molar refractivity (Wildman–Crippen MR) is 86.9 cm³/mol. The zero-order valence-corrected chi connectivity index (χ0v) is 13.6. The fraction of sp³-hybridized carbons (Fsp3) is 0.533. The SMILES string of the molecule is CCOC(O)COc1ccc(NC(=O)CC[S+](C)C)cc1. The van der Waals surface area contributed by atoms with E-state index in [1.165, 1.54) is 0 Å². The van der Waals surface area contributed by atoms with Crippen molar-refractivity contribution < 1.29 is 19.4 Å².